The molecule has 5 heteroatoms. The Morgan fingerprint density at radius 3 is 3.05 bits per heavy atom. The van der Waals surface area contributed by atoms with Crippen LogP contribution in [0.25, 0.3) is 0 Å². The van der Waals surface area contributed by atoms with Gasteiger partial charge in [-0.05, 0) is 33.2 Å². The molecule has 0 amide bonds. The zero-order valence-corrected chi connectivity index (χ0v) is 11.5. The minimum Gasteiger partial charge on any atom is -0.361 e. The molecule has 1 fully saturated rings. The Labute approximate surface area is 113 Å². The fourth-order valence-electron chi connectivity index (χ4n) is 2.78. The molecule has 1 saturated heterocycles. The molecule has 0 unspecified atom stereocenters. The van der Waals surface area contributed by atoms with E-state index in [9.17, 15) is 0 Å². The highest BCUT2D eigenvalue weighted by atomic mass is 16.5. The minimum atomic E-state index is 0.510. The third-order valence-corrected chi connectivity index (χ3v) is 3.68. The molecule has 19 heavy (non-hydrogen) atoms. The summed E-state index contributed by atoms with van der Waals surface area (Å²) >= 11 is 0. The van der Waals surface area contributed by atoms with Gasteiger partial charge in [-0.15, -0.1) is 0 Å². The first kappa shape index (κ1) is 12.4. The third-order valence-electron chi connectivity index (χ3n) is 3.68. The summed E-state index contributed by atoms with van der Waals surface area (Å²) in [4.78, 5) is 10.3. The highest BCUT2D eigenvalue weighted by Crippen LogP contribution is 2.25. The molecule has 1 atom stereocenters. The number of imidazole rings is 1. The van der Waals surface area contributed by atoms with Crippen molar-refractivity contribution >= 4 is 0 Å². The van der Waals surface area contributed by atoms with Gasteiger partial charge in [0.05, 0.1) is 5.69 Å². The number of rotatable bonds is 3. The highest BCUT2D eigenvalue weighted by Gasteiger charge is 2.23. The Bertz CT molecular complexity index is 545. The average Bonchev–Trinajstić information content (AvgIpc) is 2.99. The van der Waals surface area contributed by atoms with Crippen LogP contribution in [0.3, 0.4) is 0 Å². The van der Waals surface area contributed by atoms with Crippen LogP contribution in [-0.4, -0.2) is 33.1 Å². The summed E-state index contributed by atoms with van der Waals surface area (Å²) in [7, 11) is 0. The number of nitrogens with zero attached hydrogens (tertiary/aromatic N) is 3. The lowest BCUT2D eigenvalue weighted by Crippen LogP contribution is -2.34. The van der Waals surface area contributed by atoms with E-state index in [0.29, 0.717) is 5.92 Å². The van der Waals surface area contributed by atoms with Gasteiger partial charge in [0.15, 0.2) is 0 Å². The van der Waals surface area contributed by atoms with Crippen LogP contribution in [0.1, 0.15) is 41.7 Å². The summed E-state index contributed by atoms with van der Waals surface area (Å²) in [6.45, 7) is 7.02. The predicted molar refractivity (Wildman–Crippen MR) is 71.8 cm³/mol. The van der Waals surface area contributed by atoms with E-state index in [1.54, 1.807) is 0 Å². The molecular formula is C14H20N4O. The molecule has 0 bridgehead atoms. The number of hydrogen-bond acceptors (Lipinski definition) is 4. The molecule has 1 aliphatic rings. The lowest BCUT2D eigenvalue weighted by Gasteiger charge is -2.31. The van der Waals surface area contributed by atoms with Crippen LogP contribution in [0.4, 0.5) is 0 Å². The van der Waals surface area contributed by atoms with E-state index in [4.69, 9.17) is 4.52 Å². The lowest BCUT2D eigenvalue weighted by atomic mass is 9.97. The van der Waals surface area contributed by atoms with Crippen molar-refractivity contribution in [3.8, 4) is 0 Å². The molecule has 0 aliphatic carbocycles. The highest BCUT2D eigenvalue weighted by molar-refractivity contribution is 5.07. The number of aryl methyl sites for hydroxylation is 2. The summed E-state index contributed by atoms with van der Waals surface area (Å²) in [5, 5.41) is 4.07. The number of aromatic nitrogens is 3. The van der Waals surface area contributed by atoms with Gasteiger partial charge >= 0.3 is 0 Å². The fourth-order valence-corrected chi connectivity index (χ4v) is 2.78. The van der Waals surface area contributed by atoms with Crippen molar-refractivity contribution in [3.63, 3.8) is 0 Å². The quantitative estimate of drug-likeness (QED) is 0.920. The Kier molecular flexibility index (Phi) is 3.38. The van der Waals surface area contributed by atoms with Crippen LogP contribution >= 0.6 is 0 Å². The van der Waals surface area contributed by atoms with Crippen LogP contribution in [0, 0.1) is 13.8 Å². The second kappa shape index (κ2) is 5.17. The van der Waals surface area contributed by atoms with Gasteiger partial charge in [0.2, 0.25) is 0 Å². The van der Waals surface area contributed by atoms with Crippen LogP contribution in [0.5, 0.6) is 0 Å². The lowest BCUT2D eigenvalue weighted by molar-refractivity contribution is 0.192. The van der Waals surface area contributed by atoms with Gasteiger partial charge in [-0.2, -0.15) is 0 Å². The van der Waals surface area contributed by atoms with E-state index in [1.165, 1.54) is 12.8 Å². The zero-order chi connectivity index (χ0) is 13.2. The normalized spacial score (nSPS) is 20.8. The molecule has 0 saturated carbocycles. The largest absolute Gasteiger partial charge is 0.361 e. The number of hydrogen-bond donors (Lipinski definition) is 1. The van der Waals surface area contributed by atoms with E-state index < -0.39 is 0 Å². The maximum Gasteiger partial charge on any atom is 0.133 e. The van der Waals surface area contributed by atoms with Gasteiger partial charge in [0.25, 0.3) is 0 Å². The minimum absolute atomic E-state index is 0.510. The number of H-pyrrole nitrogens is 1. The van der Waals surface area contributed by atoms with Crippen molar-refractivity contribution in [1.82, 2.24) is 20.0 Å². The molecule has 0 aromatic carbocycles. The van der Waals surface area contributed by atoms with Gasteiger partial charge in [0, 0.05) is 37.0 Å². The number of nitrogens with one attached hydrogen (secondary N) is 1. The van der Waals surface area contributed by atoms with E-state index in [0.717, 1.165) is 42.6 Å². The van der Waals surface area contributed by atoms with Crippen LogP contribution in [0.15, 0.2) is 16.8 Å². The Morgan fingerprint density at radius 1 is 1.47 bits per heavy atom. The van der Waals surface area contributed by atoms with Gasteiger partial charge < -0.3 is 9.51 Å². The number of piperidine rings is 1. The molecular weight excluding hydrogens is 240 g/mol. The predicted octanol–water partition coefficient (Wildman–Crippen LogP) is 2.39. The Morgan fingerprint density at radius 2 is 2.37 bits per heavy atom. The summed E-state index contributed by atoms with van der Waals surface area (Å²) in [6.07, 6.45) is 4.33. The monoisotopic (exact) mass is 260 g/mol. The van der Waals surface area contributed by atoms with Gasteiger partial charge in [-0.25, -0.2) is 4.98 Å². The van der Waals surface area contributed by atoms with Crippen LogP contribution < -0.4 is 0 Å². The van der Waals surface area contributed by atoms with Crippen LogP contribution in [-0.2, 0) is 6.54 Å². The van der Waals surface area contributed by atoms with E-state index in [2.05, 4.69) is 26.9 Å². The van der Waals surface area contributed by atoms with Crippen LogP contribution in [0.2, 0.25) is 0 Å². The molecule has 3 heterocycles. The molecule has 1 aliphatic heterocycles. The van der Waals surface area contributed by atoms with Crippen molar-refractivity contribution in [3.05, 3.63) is 35.2 Å². The number of likely N-dealkylation sites (tertiary alicyclic amines) is 1. The molecule has 0 radical (unpaired) electrons. The van der Waals surface area contributed by atoms with Crippen molar-refractivity contribution in [2.75, 3.05) is 13.1 Å². The number of aromatic amines is 1. The van der Waals surface area contributed by atoms with Crippen molar-refractivity contribution in [2.24, 2.45) is 0 Å². The van der Waals surface area contributed by atoms with Crippen molar-refractivity contribution < 1.29 is 4.52 Å². The van der Waals surface area contributed by atoms with Gasteiger partial charge in [-0.1, -0.05) is 5.16 Å². The van der Waals surface area contributed by atoms with Gasteiger partial charge in [0.1, 0.15) is 11.6 Å². The smallest absolute Gasteiger partial charge is 0.133 e. The maximum absolute atomic E-state index is 5.13. The molecule has 2 aromatic heterocycles. The molecule has 2 aromatic rings. The molecule has 1 N–H and O–H groups in total. The third kappa shape index (κ3) is 2.87. The zero-order valence-electron chi connectivity index (χ0n) is 11.5. The second-order valence-electron chi connectivity index (χ2n) is 5.45. The van der Waals surface area contributed by atoms with E-state index in [-0.39, 0.29) is 0 Å². The molecule has 3 rings (SSSR count). The Balaban J connectivity index is 1.64. The van der Waals surface area contributed by atoms with Crippen molar-refractivity contribution in [1.29, 1.82) is 0 Å². The first-order chi connectivity index (χ1) is 9.20. The maximum atomic E-state index is 5.13. The second-order valence-corrected chi connectivity index (χ2v) is 5.45. The SMILES string of the molecule is Cc1cnc([C@H]2CCCN(Cc3cc(C)on3)C2)[nH]1. The first-order valence-electron chi connectivity index (χ1n) is 6.87. The summed E-state index contributed by atoms with van der Waals surface area (Å²) in [5.74, 6) is 2.51. The topological polar surface area (TPSA) is 58.0 Å². The first-order valence-corrected chi connectivity index (χ1v) is 6.87. The fraction of sp³-hybridized carbons (Fsp3) is 0.571. The molecule has 0 spiro atoms. The van der Waals surface area contributed by atoms with E-state index >= 15 is 0 Å². The molecule has 102 valence electrons. The molecule has 5 nitrogen and oxygen atoms in total. The van der Waals surface area contributed by atoms with Crippen molar-refractivity contribution in [2.45, 2.75) is 39.2 Å². The van der Waals surface area contributed by atoms with E-state index in [1.807, 2.05) is 19.2 Å². The summed E-state index contributed by atoms with van der Waals surface area (Å²) in [5.41, 5.74) is 2.16. The standard InChI is InChI=1S/C14H20N4O/c1-10-7-15-14(16-10)12-4-3-5-18(8-12)9-13-6-11(2)19-17-13/h6-7,12H,3-5,8-9H2,1-2H3,(H,15,16)/t12-/m0/s1. The average molecular weight is 260 g/mol. The summed E-state index contributed by atoms with van der Waals surface area (Å²) in [6, 6.07) is 2.01. The van der Waals surface area contributed by atoms with Gasteiger partial charge in [-0.3, -0.25) is 4.90 Å². The Hall–Kier alpha value is -1.62. The summed E-state index contributed by atoms with van der Waals surface area (Å²) < 4.78 is 5.13.